The SMILES string of the molecule is O=C1C(O)=C(CO)N=CC1OC(c1ccccc1)c1ccccc1. The maximum atomic E-state index is 12.3. The molecular weight excluding hydrogens is 306 g/mol. The molecule has 1 heterocycles. The highest BCUT2D eigenvalue weighted by Gasteiger charge is 2.30. The van der Waals surface area contributed by atoms with Crippen molar-refractivity contribution >= 4 is 12.0 Å². The Bertz CT molecular complexity index is 729. The Kier molecular flexibility index (Phi) is 4.84. The Morgan fingerprint density at radius 1 is 1.00 bits per heavy atom. The lowest BCUT2D eigenvalue weighted by Gasteiger charge is -2.24. The van der Waals surface area contributed by atoms with Gasteiger partial charge in [-0.05, 0) is 11.1 Å². The first-order chi connectivity index (χ1) is 11.7. The highest BCUT2D eigenvalue weighted by atomic mass is 16.5. The summed E-state index contributed by atoms with van der Waals surface area (Å²) in [4.78, 5) is 16.2. The fourth-order valence-corrected chi connectivity index (χ4v) is 2.53. The summed E-state index contributed by atoms with van der Waals surface area (Å²) in [6.45, 7) is -0.498. The van der Waals surface area contributed by atoms with Crippen LogP contribution in [0.25, 0.3) is 0 Å². The van der Waals surface area contributed by atoms with Crippen LogP contribution in [0.4, 0.5) is 0 Å². The maximum absolute atomic E-state index is 12.3. The van der Waals surface area contributed by atoms with Gasteiger partial charge in [-0.1, -0.05) is 60.7 Å². The first-order valence-corrected chi connectivity index (χ1v) is 7.57. The summed E-state index contributed by atoms with van der Waals surface area (Å²) in [5.41, 5.74) is 1.73. The van der Waals surface area contributed by atoms with Crippen LogP contribution in [0, 0.1) is 0 Å². The lowest BCUT2D eigenvalue weighted by molar-refractivity contribution is -0.127. The monoisotopic (exact) mass is 323 g/mol. The van der Waals surface area contributed by atoms with E-state index in [2.05, 4.69) is 4.99 Å². The summed E-state index contributed by atoms with van der Waals surface area (Å²) < 4.78 is 5.96. The number of Topliss-reactive ketones (excluding diaryl/α,β-unsaturated/α-hetero) is 1. The van der Waals surface area contributed by atoms with Gasteiger partial charge in [0.15, 0.2) is 11.9 Å². The molecule has 1 aliphatic rings. The van der Waals surface area contributed by atoms with E-state index >= 15 is 0 Å². The second-order valence-electron chi connectivity index (χ2n) is 5.35. The number of nitrogens with zero attached hydrogens (tertiary/aromatic N) is 1. The van der Waals surface area contributed by atoms with E-state index in [1.807, 2.05) is 60.7 Å². The molecule has 3 rings (SSSR count). The molecule has 122 valence electrons. The van der Waals surface area contributed by atoms with Crippen molar-refractivity contribution in [1.29, 1.82) is 0 Å². The second kappa shape index (κ2) is 7.21. The molecule has 2 N–H and O–H groups in total. The molecule has 0 spiro atoms. The van der Waals surface area contributed by atoms with Gasteiger partial charge in [-0.3, -0.25) is 9.79 Å². The van der Waals surface area contributed by atoms with E-state index in [4.69, 9.17) is 9.84 Å². The van der Waals surface area contributed by atoms with Gasteiger partial charge in [-0.2, -0.15) is 0 Å². The normalized spacial score (nSPS) is 17.6. The van der Waals surface area contributed by atoms with E-state index < -0.39 is 30.4 Å². The van der Waals surface area contributed by atoms with Gasteiger partial charge in [0.25, 0.3) is 0 Å². The first-order valence-electron chi connectivity index (χ1n) is 7.57. The second-order valence-corrected chi connectivity index (χ2v) is 5.35. The molecular formula is C19H17NO4. The fraction of sp³-hybridized carbons (Fsp3) is 0.158. The number of aliphatic hydroxyl groups excluding tert-OH is 2. The lowest BCUT2D eigenvalue weighted by atomic mass is 10.0. The van der Waals surface area contributed by atoms with Crippen molar-refractivity contribution in [3.63, 3.8) is 0 Å². The van der Waals surface area contributed by atoms with Gasteiger partial charge in [0.05, 0.1) is 6.61 Å². The molecule has 24 heavy (non-hydrogen) atoms. The molecule has 1 atom stereocenters. The minimum atomic E-state index is -1.01. The number of aliphatic hydroxyl groups is 2. The van der Waals surface area contributed by atoms with Gasteiger partial charge in [-0.25, -0.2) is 0 Å². The number of hydrogen-bond acceptors (Lipinski definition) is 5. The minimum absolute atomic E-state index is 0.0455. The molecule has 0 amide bonds. The predicted molar refractivity (Wildman–Crippen MR) is 89.8 cm³/mol. The van der Waals surface area contributed by atoms with Crippen molar-refractivity contribution in [3.8, 4) is 0 Å². The third kappa shape index (κ3) is 3.27. The maximum Gasteiger partial charge on any atom is 0.233 e. The van der Waals surface area contributed by atoms with E-state index in [1.165, 1.54) is 6.21 Å². The molecule has 0 bridgehead atoms. The van der Waals surface area contributed by atoms with E-state index in [0.29, 0.717) is 0 Å². The van der Waals surface area contributed by atoms with Crippen LogP contribution in [0.5, 0.6) is 0 Å². The van der Waals surface area contributed by atoms with Crippen LogP contribution in [0.2, 0.25) is 0 Å². The number of benzene rings is 2. The average Bonchev–Trinajstić information content (AvgIpc) is 2.64. The number of ether oxygens (including phenoxy) is 1. The zero-order valence-electron chi connectivity index (χ0n) is 12.9. The minimum Gasteiger partial charge on any atom is -0.503 e. The smallest absolute Gasteiger partial charge is 0.233 e. The van der Waals surface area contributed by atoms with E-state index in [1.54, 1.807) is 0 Å². The summed E-state index contributed by atoms with van der Waals surface area (Å²) in [7, 11) is 0. The topological polar surface area (TPSA) is 79.1 Å². The molecule has 0 aliphatic carbocycles. The van der Waals surface area contributed by atoms with Crippen molar-refractivity contribution in [2.75, 3.05) is 6.61 Å². The molecule has 0 saturated heterocycles. The molecule has 2 aromatic carbocycles. The number of carbonyl (C=O) groups is 1. The summed E-state index contributed by atoms with van der Waals surface area (Å²) in [5.74, 6) is -1.16. The zero-order valence-corrected chi connectivity index (χ0v) is 12.9. The molecule has 1 unspecified atom stereocenters. The number of aliphatic imine (C=N–C) groups is 1. The molecule has 2 aromatic rings. The van der Waals surface area contributed by atoms with Crippen molar-refractivity contribution in [2.45, 2.75) is 12.2 Å². The van der Waals surface area contributed by atoms with Gasteiger partial charge >= 0.3 is 0 Å². The number of carbonyl (C=O) groups excluding carboxylic acids is 1. The van der Waals surface area contributed by atoms with Gasteiger partial charge < -0.3 is 14.9 Å². The van der Waals surface area contributed by atoms with Crippen LogP contribution in [0.15, 0.2) is 77.1 Å². The van der Waals surface area contributed by atoms with Crippen LogP contribution in [0.3, 0.4) is 0 Å². The Balaban J connectivity index is 1.90. The summed E-state index contributed by atoms with van der Waals surface area (Å²) in [5, 5.41) is 18.9. The molecule has 5 nitrogen and oxygen atoms in total. The third-order valence-electron chi connectivity index (χ3n) is 3.77. The third-order valence-corrected chi connectivity index (χ3v) is 3.77. The van der Waals surface area contributed by atoms with Crippen LogP contribution in [-0.2, 0) is 9.53 Å². The Hall–Kier alpha value is -2.76. The van der Waals surface area contributed by atoms with Crippen LogP contribution >= 0.6 is 0 Å². The lowest BCUT2D eigenvalue weighted by Crippen LogP contribution is -2.33. The van der Waals surface area contributed by atoms with Gasteiger partial charge in [0, 0.05) is 6.21 Å². The molecule has 1 aliphatic heterocycles. The van der Waals surface area contributed by atoms with Crippen molar-refractivity contribution in [1.82, 2.24) is 0 Å². The van der Waals surface area contributed by atoms with Gasteiger partial charge in [0.2, 0.25) is 5.78 Å². The molecule has 0 fully saturated rings. The highest BCUT2D eigenvalue weighted by molar-refractivity contribution is 6.09. The summed E-state index contributed by atoms with van der Waals surface area (Å²) >= 11 is 0. The van der Waals surface area contributed by atoms with Gasteiger partial charge in [-0.15, -0.1) is 0 Å². The number of ketones is 1. The number of rotatable bonds is 5. The van der Waals surface area contributed by atoms with Crippen molar-refractivity contribution in [3.05, 3.63) is 83.2 Å². The summed E-state index contributed by atoms with van der Waals surface area (Å²) in [6.07, 6.45) is -0.172. The van der Waals surface area contributed by atoms with E-state index in [-0.39, 0.29) is 5.70 Å². The van der Waals surface area contributed by atoms with E-state index in [0.717, 1.165) is 11.1 Å². The molecule has 0 aromatic heterocycles. The van der Waals surface area contributed by atoms with Crippen LogP contribution in [0.1, 0.15) is 17.2 Å². The quantitative estimate of drug-likeness (QED) is 0.886. The van der Waals surface area contributed by atoms with Crippen molar-refractivity contribution in [2.24, 2.45) is 4.99 Å². The largest absolute Gasteiger partial charge is 0.503 e. The molecule has 5 heteroatoms. The standard InChI is InChI=1S/C19H17NO4/c21-12-15-17(22)18(23)16(11-20-15)24-19(13-7-3-1-4-8-13)14-9-5-2-6-10-14/h1-11,16,19,21-22H,12H2. The number of hydrogen-bond donors (Lipinski definition) is 2. The predicted octanol–water partition coefficient (Wildman–Crippen LogP) is 2.58. The van der Waals surface area contributed by atoms with Crippen LogP contribution in [-0.4, -0.2) is 34.9 Å². The van der Waals surface area contributed by atoms with E-state index in [9.17, 15) is 9.90 Å². The fourth-order valence-electron chi connectivity index (χ4n) is 2.53. The Labute approximate surface area is 139 Å². The molecule has 0 radical (unpaired) electrons. The van der Waals surface area contributed by atoms with Crippen LogP contribution < -0.4 is 0 Å². The highest BCUT2D eigenvalue weighted by Crippen LogP contribution is 2.28. The first kappa shape index (κ1) is 16.1. The average molecular weight is 323 g/mol. The zero-order chi connectivity index (χ0) is 16.9. The Morgan fingerprint density at radius 3 is 2.04 bits per heavy atom. The van der Waals surface area contributed by atoms with Gasteiger partial charge in [0.1, 0.15) is 11.8 Å². The summed E-state index contributed by atoms with van der Waals surface area (Å²) in [6, 6.07) is 19.0. The Morgan fingerprint density at radius 2 is 1.54 bits per heavy atom. The molecule has 0 saturated carbocycles. The van der Waals surface area contributed by atoms with Crippen molar-refractivity contribution < 1.29 is 19.7 Å².